The van der Waals surface area contributed by atoms with Crippen LogP contribution >= 0.6 is 47.6 Å². The van der Waals surface area contributed by atoms with Crippen LogP contribution in [0.2, 0.25) is 0 Å². The number of rotatable bonds is 14. The predicted octanol–water partition coefficient (Wildman–Crippen LogP) is 4.70. The van der Waals surface area contributed by atoms with Crippen molar-refractivity contribution in [3.63, 3.8) is 0 Å². The molecule has 25 heavy (non-hydrogen) atoms. The molecule has 0 heterocycles. The van der Waals surface area contributed by atoms with Crippen molar-refractivity contribution in [2.45, 2.75) is 36.9 Å². The fourth-order valence-corrected chi connectivity index (χ4v) is 4.82. The van der Waals surface area contributed by atoms with Crippen molar-refractivity contribution in [2.24, 2.45) is 0 Å². The van der Waals surface area contributed by atoms with Crippen molar-refractivity contribution in [2.75, 3.05) is 24.7 Å². The van der Waals surface area contributed by atoms with E-state index in [0.29, 0.717) is 35.9 Å². The largest absolute Gasteiger partial charge is 0.461 e. The Hall–Kier alpha value is -0.220. The van der Waals surface area contributed by atoms with Crippen LogP contribution in [-0.4, -0.2) is 45.8 Å². The van der Waals surface area contributed by atoms with Crippen LogP contribution in [0.3, 0.4) is 0 Å². The second-order valence-corrected chi connectivity index (χ2v) is 10.8. The third-order valence-corrected chi connectivity index (χ3v) is 6.59. The van der Waals surface area contributed by atoms with E-state index >= 15 is 0 Å². The summed E-state index contributed by atoms with van der Waals surface area (Å²) in [6, 6.07) is 0. The summed E-state index contributed by atoms with van der Waals surface area (Å²) in [4.78, 5) is 22.4. The van der Waals surface area contributed by atoms with Gasteiger partial charge < -0.3 is 9.47 Å². The van der Waals surface area contributed by atoms with Gasteiger partial charge in [0.15, 0.2) is 0 Å². The number of hydrogen-bond acceptors (Lipinski definition) is 9. The van der Waals surface area contributed by atoms with E-state index in [1.165, 1.54) is 24.1 Å². The molecule has 0 aliphatic rings. The molecule has 0 saturated carbocycles. The highest BCUT2D eigenvalue weighted by Crippen LogP contribution is 2.33. The van der Waals surface area contributed by atoms with Gasteiger partial charge in [0.05, 0.1) is 9.16 Å². The molecule has 0 aromatic rings. The SMILES string of the molecule is C=C(C)C(=O)OCCSC(C)SOSC(C)SCCOC(=O)C(=C)C. The lowest BCUT2D eigenvalue weighted by atomic mass is 10.4. The molecule has 9 heteroatoms. The quantitative estimate of drug-likeness (QED) is 0.129. The summed E-state index contributed by atoms with van der Waals surface area (Å²) in [5.74, 6) is 0.708. The van der Waals surface area contributed by atoms with Crippen molar-refractivity contribution >= 4 is 59.5 Å². The molecule has 0 radical (unpaired) electrons. The molecular formula is C16H26O5S4. The average molecular weight is 427 g/mol. The molecule has 0 fully saturated rings. The molecule has 144 valence electrons. The summed E-state index contributed by atoms with van der Waals surface area (Å²) < 4.78 is 16.0. The maximum absolute atomic E-state index is 11.2. The van der Waals surface area contributed by atoms with Crippen LogP contribution in [0.25, 0.3) is 0 Å². The van der Waals surface area contributed by atoms with Crippen LogP contribution in [0.4, 0.5) is 0 Å². The van der Waals surface area contributed by atoms with Crippen LogP contribution in [0, 0.1) is 0 Å². The van der Waals surface area contributed by atoms with Gasteiger partial charge in [0, 0.05) is 46.7 Å². The van der Waals surface area contributed by atoms with E-state index < -0.39 is 0 Å². The van der Waals surface area contributed by atoms with Crippen molar-refractivity contribution in [1.29, 1.82) is 0 Å². The van der Waals surface area contributed by atoms with Crippen molar-refractivity contribution < 1.29 is 22.7 Å². The van der Waals surface area contributed by atoms with Crippen LogP contribution in [-0.2, 0) is 22.7 Å². The van der Waals surface area contributed by atoms with E-state index in [1.54, 1.807) is 37.4 Å². The monoisotopic (exact) mass is 426 g/mol. The summed E-state index contributed by atoms with van der Waals surface area (Å²) in [5.41, 5.74) is 0.820. The van der Waals surface area contributed by atoms with Gasteiger partial charge in [-0.25, -0.2) is 13.2 Å². The summed E-state index contributed by atoms with van der Waals surface area (Å²) in [6.07, 6.45) is 0. The minimum Gasteiger partial charge on any atom is -0.461 e. The van der Waals surface area contributed by atoms with Gasteiger partial charge in [-0.3, -0.25) is 0 Å². The van der Waals surface area contributed by atoms with Gasteiger partial charge in [-0.2, -0.15) is 0 Å². The van der Waals surface area contributed by atoms with Crippen LogP contribution in [0.1, 0.15) is 27.7 Å². The zero-order valence-electron chi connectivity index (χ0n) is 15.1. The maximum Gasteiger partial charge on any atom is 0.333 e. The zero-order chi connectivity index (χ0) is 19.2. The molecule has 2 unspecified atom stereocenters. The highest BCUT2D eigenvalue weighted by molar-refractivity contribution is 8.21. The molecule has 0 bridgehead atoms. The third-order valence-electron chi connectivity index (χ3n) is 2.38. The van der Waals surface area contributed by atoms with E-state index in [1.807, 2.05) is 13.8 Å². The molecule has 0 aromatic heterocycles. The Bertz CT molecular complexity index is 416. The summed E-state index contributed by atoms with van der Waals surface area (Å²) in [6.45, 7) is 15.1. The van der Waals surface area contributed by atoms with E-state index in [-0.39, 0.29) is 21.1 Å². The summed E-state index contributed by atoms with van der Waals surface area (Å²) >= 11 is 6.06. The standard InChI is InChI=1S/C16H26O5S4/c1-11(2)15(17)19-7-9-22-13(5)24-21-25-14(6)23-10-8-20-16(18)12(3)4/h13-14H,1,3,7-10H2,2,4-6H3. The normalized spacial score (nSPS) is 13.0. The van der Waals surface area contributed by atoms with Gasteiger partial charge in [0.25, 0.3) is 0 Å². The van der Waals surface area contributed by atoms with E-state index in [2.05, 4.69) is 13.2 Å². The number of carbonyl (C=O) groups is 2. The molecular weight excluding hydrogens is 400 g/mol. The second-order valence-electron chi connectivity index (χ2n) is 4.97. The molecule has 0 spiro atoms. The summed E-state index contributed by atoms with van der Waals surface area (Å²) in [5, 5.41) is 0. The first-order chi connectivity index (χ1) is 11.7. The number of hydrogen-bond donors (Lipinski definition) is 0. The Morgan fingerprint density at radius 3 is 1.52 bits per heavy atom. The molecule has 0 saturated heterocycles. The second kappa shape index (κ2) is 14.9. The number of ether oxygens (including phenoxy) is 2. The van der Waals surface area contributed by atoms with Gasteiger partial charge in [0.2, 0.25) is 0 Å². The van der Waals surface area contributed by atoms with Gasteiger partial charge in [-0.15, -0.1) is 23.5 Å². The van der Waals surface area contributed by atoms with Crippen LogP contribution in [0.5, 0.6) is 0 Å². The number of esters is 2. The van der Waals surface area contributed by atoms with E-state index in [0.717, 1.165) is 0 Å². The first-order valence-corrected chi connectivity index (χ1v) is 11.3. The number of carbonyl (C=O) groups excluding carboxylic acids is 2. The van der Waals surface area contributed by atoms with Gasteiger partial charge in [0.1, 0.15) is 13.2 Å². The lowest BCUT2D eigenvalue weighted by Gasteiger charge is -2.13. The van der Waals surface area contributed by atoms with Crippen molar-refractivity contribution in [3.05, 3.63) is 24.3 Å². The molecule has 5 nitrogen and oxygen atoms in total. The first-order valence-electron chi connectivity index (χ1n) is 7.61. The van der Waals surface area contributed by atoms with E-state index in [9.17, 15) is 9.59 Å². The Kier molecular flexibility index (Phi) is 14.8. The smallest absolute Gasteiger partial charge is 0.333 e. The summed E-state index contributed by atoms with van der Waals surface area (Å²) in [7, 11) is 0. The average Bonchev–Trinajstić information content (AvgIpc) is 2.54. The lowest BCUT2D eigenvalue weighted by Crippen LogP contribution is -2.09. The van der Waals surface area contributed by atoms with Crippen molar-refractivity contribution in [3.8, 4) is 0 Å². The topological polar surface area (TPSA) is 61.8 Å². The molecule has 0 amide bonds. The molecule has 2 atom stereocenters. The Labute approximate surface area is 167 Å². The zero-order valence-corrected chi connectivity index (χ0v) is 18.3. The van der Waals surface area contributed by atoms with Crippen LogP contribution in [0.15, 0.2) is 24.3 Å². The third kappa shape index (κ3) is 14.6. The predicted molar refractivity (Wildman–Crippen MR) is 112 cm³/mol. The molecule has 0 aromatic carbocycles. The molecule has 0 N–H and O–H groups in total. The Balaban J connectivity index is 3.58. The Morgan fingerprint density at radius 1 is 0.840 bits per heavy atom. The minimum atomic E-state index is -0.354. The first kappa shape index (κ1) is 24.8. The fraction of sp³-hybridized carbons (Fsp3) is 0.625. The van der Waals surface area contributed by atoms with Gasteiger partial charge >= 0.3 is 11.9 Å². The molecule has 0 rings (SSSR count). The van der Waals surface area contributed by atoms with Gasteiger partial charge in [-0.05, 0) is 27.7 Å². The van der Waals surface area contributed by atoms with E-state index in [4.69, 9.17) is 13.1 Å². The lowest BCUT2D eigenvalue weighted by molar-refractivity contribution is -0.139. The highest BCUT2D eigenvalue weighted by atomic mass is 32.3. The van der Waals surface area contributed by atoms with Crippen molar-refractivity contribution in [1.82, 2.24) is 0 Å². The Morgan fingerprint density at radius 2 is 1.20 bits per heavy atom. The van der Waals surface area contributed by atoms with Gasteiger partial charge in [-0.1, -0.05) is 13.2 Å². The maximum atomic E-state index is 11.2. The van der Waals surface area contributed by atoms with Crippen LogP contribution < -0.4 is 0 Å². The minimum absolute atomic E-state index is 0.227. The molecule has 0 aliphatic heterocycles. The highest BCUT2D eigenvalue weighted by Gasteiger charge is 2.10. The number of thioether (sulfide) groups is 2. The molecule has 0 aliphatic carbocycles. The fourth-order valence-electron chi connectivity index (χ4n) is 1.13.